The van der Waals surface area contributed by atoms with Crippen molar-refractivity contribution >= 4 is 5.91 Å². The van der Waals surface area contributed by atoms with E-state index in [1.54, 1.807) is 0 Å². The van der Waals surface area contributed by atoms with E-state index in [4.69, 9.17) is 0 Å². The van der Waals surface area contributed by atoms with Crippen molar-refractivity contribution in [3.8, 4) is 0 Å². The Hall–Kier alpha value is -0.790. The lowest BCUT2D eigenvalue weighted by Crippen LogP contribution is -2.28. The van der Waals surface area contributed by atoms with Crippen molar-refractivity contribution in [3.63, 3.8) is 0 Å². The Labute approximate surface area is 68.7 Å². The van der Waals surface area contributed by atoms with Gasteiger partial charge in [-0.05, 0) is 12.1 Å². The molecule has 0 rings (SSSR count). The third-order valence-electron chi connectivity index (χ3n) is 2.16. The normalized spacial score (nSPS) is 15.2. The van der Waals surface area contributed by atoms with Crippen molar-refractivity contribution < 1.29 is 4.79 Å². The zero-order valence-electron chi connectivity index (χ0n) is 7.55. The lowest BCUT2D eigenvalue weighted by molar-refractivity contribution is -0.124. The van der Waals surface area contributed by atoms with E-state index in [1.807, 2.05) is 6.92 Å². The van der Waals surface area contributed by atoms with Crippen molar-refractivity contribution in [2.24, 2.45) is 11.8 Å². The molecular weight excluding hydrogens is 138 g/mol. The maximum Gasteiger partial charge on any atom is 0.226 e. The Morgan fingerprint density at radius 2 is 2.18 bits per heavy atom. The maximum absolute atomic E-state index is 11.2. The van der Waals surface area contributed by atoms with Gasteiger partial charge in [0.1, 0.15) is 0 Å². The van der Waals surface area contributed by atoms with Crippen LogP contribution in [0.3, 0.4) is 0 Å². The fourth-order valence-corrected chi connectivity index (χ4v) is 0.844. The lowest BCUT2D eigenvalue weighted by atomic mass is 9.93. The SMILES string of the molecule is C=CNC(=O)C(C)C(C)CC. The second-order valence-corrected chi connectivity index (χ2v) is 2.89. The summed E-state index contributed by atoms with van der Waals surface area (Å²) in [5, 5.41) is 2.59. The van der Waals surface area contributed by atoms with Crippen molar-refractivity contribution in [2.75, 3.05) is 0 Å². The van der Waals surface area contributed by atoms with Crippen molar-refractivity contribution in [3.05, 3.63) is 12.8 Å². The van der Waals surface area contributed by atoms with Gasteiger partial charge >= 0.3 is 0 Å². The van der Waals surface area contributed by atoms with Crippen LogP contribution >= 0.6 is 0 Å². The molecule has 0 radical (unpaired) electrons. The van der Waals surface area contributed by atoms with E-state index in [2.05, 4.69) is 25.7 Å². The molecule has 0 saturated heterocycles. The van der Waals surface area contributed by atoms with E-state index in [-0.39, 0.29) is 11.8 Å². The molecule has 0 saturated carbocycles. The molecule has 0 aliphatic rings. The summed E-state index contributed by atoms with van der Waals surface area (Å²) in [5.74, 6) is 0.585. The van der Waals surface area contributed by atoms with Crippen LogP contribution in [0.4, 0.5) is 0 Å². The molecule has 0 heterocycles. The second kappa shape index (κ2) is 4.94. The van der Waals surface area contributed by atoms with Gasteiger partial charge in [0, 0.05) is 5.92 Å². The molecule has 0 aromatic carbocycles. The standard InChI is InChI=1S/C9H17NO/c1-5-7(3)8(4)9(11)10-6-2/h6-8H,2,5H2,1,3-4H3,(H,10,11). The van der Waals surface area contributed by atoms with Gasteiger partial charge in [-0.15, -0.1) is 0 Å². The van der Waals surface area contributed by atoms with Gasteiger partial charge in [-0.3, -0.25) is 4.79 Å². The molecule has 2 heteroatoms. The number of carbonyl (C=O) groups is 1. The summed E-state index contributed by atoms with van der Waals surface area (Å²) >= 11 is 0. The molecule has 11 heavy (non-hydrogen) atoms. The van der Waals surface area contributed by atoms with Crippen molar-refractivity contribution in [1.82, 2.24) is 5.32 Å². The molecule has 1 amide bonds. The zero-order chi connectivity index (χ0) is 8.85. The largest absolute Gasteiger partial charge is 0.333 e. The van der Waals surface area contributed by atoms with E-state index in [1.165, 1.54) is 6.20 Å². The maximum atomic E-state index is 11.2. The quantitative estimate of drug-likeness (QED) is 0.660. The fraction of sp³-hybridized carbons (Fsp3) is 0.667. The Bertz CT molecular complexity index is 142. The molecule has 2 nitrogen and oxygen atoms in total. The molecular formula is C9H17NO. The van der Waals surface area contributed by atoms with E-state index in [0.29, 0.717) is 5.92 Å². The average Bonchev–Trinajstić information content (AvgIpc) is 2.02. The lowest BCUT2D eigenvalue weighted by Gasteiger charge is -2.15. The highest BCUT2D eigenvalue weighted by molar-refractivity contribution is 5.79. The van der Waals surface area contributed by atoms with Crippen molar-refractivity contribution in [1.29, 1.82) is 0 Å². The number of rotatable bonds is 4. The number of hydrogen-bond acceptors (Lipinski definition) is 1. The van der Waals surface area contributed by atoms with Crippen LogP contribution in [0.15, 0.2) is 12.8 Å². The summed E-state index contributed by atoms with van der Waals surface area (Å²) in [7, 11) is 0. The highest BCUT2D eigenvalue weighted by Crippen LogP contribution is 2.13. The Morgan fingerprint density at radius 3 is 2.55 bits per heavy atom. The second-order valence-electron chi connectivity index (χ2n) is 2.89. The fourth-order valence-electron chi connectivity index (χ4n) is 0.844. The third-order valence-corrected chi connectivity index (χ3v) is 2.16. The number of hydrogen-bond donors (Lipinski definition) is 1. The number of amides is 1. The average molecular weight is 155 g/mol. The van der Waals surface area contributed by atoms with Gasteiger partial charge in [0.2, 0.25) is 5.91 Å². The highest BCUT2D eigenvalue weighted by atomic mass is 16.1. The van der Waals surface area contributed by atoms with E-state index in [0.717, 1.165) is 6.42 Å². The zero-order valence-corrected chi connectivity index (χ0v) is 7.55. The van der Waals surface area contributed by atoms with Crippen LogP contribution in [-0.4, -0.2) is 5.91 Å². The molecule has 1 N–H and O–H groups in total. The Balaban J connectivity index is 3.90. The minimum atomic E-state index is 0.0642. The Kier molecular flexibility index (Phi) is 4.59. The van der Waals surface area contributed by atoms with Crippen LogP contribution in [0.25, 0.3) is 0 Å². The first-order chi connectivity index (χ1) is 5.13. The molecule has 0 aliphatic carbocycles. The molecule has 0 aromatic rings. The first-order valence-corrected chi connectivity index (χ1v) is 4.04. The van der Waals surface area contributed by atoms with Gasteiger partial charge in [0.05, 0.1) is 0 Å². The topological polar surface area (TPSA) is 29.1 Å². The minimum Gasteiger partial charge on any atom is -0.333 e. The van der Waals surface area contributed by atoms with Crippen LogP contribution in [0, 0.1) is 11.8 Å². The van der Waals surface area contributed by atoms with Gasteiger partial charge in [0.25, 0.3) is 0 Å². The number of carbonyl (C=O) groups excluding carboxylic acids is 1. The summed E-state index contributed by atoms with van der Waals surface area (Å²) in [5.41, 5.74) is 0. The van der Waals surface area contributed by atoms with Crippen LogP contribution in [0.1, 0.15) is 27.2 Å². The van der Waals surface area contributed by atoms with Crippen molar-refractivity contribution in [2.45, 2.75) is 27.2 Å². The molecule has 0 bridgehead atoms. The first kappa shape index (κ1) is 10.2. The summed E-state index contributed by atoms with van der Waals surface area (Å²) in [6, 6.07) is 0. The predicted octanol–water partition coefficient (Wildman–Crippen LogP) is 1.93. The monoisotopic (exact) mass is 155 g/mol. The molecule has 0 fully saturated rings. The third kappa shape index (κ3) is 3.21. The van der Waals surface area contributed by atoms with Gasteiger partial charge in [-0.1, -0.05) is 33.8 Å². The van der Waals surface area contributed by atoms with Crippen LogP contribution in [0.5, 0.6) is 0 Å². The summed E-state index contributed by atoms with van der Waals surface area (Å²) < 4.78 is 0. The van der Waals surface area contributed by atoms with Crippen LogP contribution in [-0.2, 0) is 4.79 Å². The molecule has 2 atom stereocenters. The van der Waals surface area contributed by atoms with Crippen LogP contribution < -0.4 is 5.32 Å². The van der Waals surface area contributed by atoms with Gasteiger partial charge in [-0.2, -0.15) is 0 Å². The number of nitrogens with one attached hydrogen (secondary N) is 1. The van der Waals surface area contributed by atoms with Gasteiger partial charge < -0.3 is 5.32 Å². The molecule has 2 unspecified atom stereocenters. The molecule has 0 aromatic heterocycles. The van der Waals surface area contributed by atoms with E-state index in [9.17, 15) is 4.79 Å². The minimum absolute atomic E-state index is 0.0642. The molecule has 0 aliphatic heterocycles. The summed E-state index contributed by atoms with van der Waals surface area (Å²) in [6.07, 6.45) is 2.47. The smallest absolute Gasteiger partial charge is 0.226 e. The predicted molar refractivity (Wildman–Crippen MR) is 47.0 cm³/mol. The summed E-state index contributed by atoms with van der Waals surface area (Å²) in [4.78, 5) is 11.2. The van der Waals surface area contributed by atoms with Gasteiger partial charge in [0.15, 0.2) is 0 Å². The summed E-state index contributed by atoms with van der Waals surface area (Å²) in [6.45, 7) is 9.54. The van der Waals surface area contributed by atoms with E-state index < -0.39 is 0 Å². The Morgan fingerprint density at radius 1 is 1.64 bits per heavy atom. The molecule has 0 spiro atoms. The van der Waals surface area contributed by atoms with E-state index >= 15 is 0 Å². The van der Waals surface area contributed by atoms with Crippen LogP contribution in [0.2, 0.25) is 0 Å². The molecule has 64 valence electrons. The van der Waals surface area contributed by atoms with Gasteiger partial charge in [-0.25, -0.2) is 0 Å². The first-order valence-electron chi connectivity index (χ1n) is 4.04. The highest BCUT2D eigenvalue weighted by Gasteiger charge is 2.16.